The number of rotatable bonds is 3. The lowest BCUT2D eigenvalue weighted by atomic mass is 9.99. The van der Waals surface area contributed by atoms with Crippen molar-refractivity contribution in [2.45, 2.75) is 11.8 Å². The molecule has 0 bridgehead atoms. The number of carboxylic acids is 1. The molecule has 0 spiro atoms. The van der Waals surface area contributed by atoms with Crippen molar-refractivity contribution in [3.05, 3.63) is 29.6 Å². The van der Waals surface area contributed by atoms with Gasteiger partial charge < -0.3 is 5.11 Å². The Morgan fingerprint density at radius 3 is 2.38 bits per heavy atom. The van der Waals surface area contributed by atoms with Gasteiger partial charge in [-0.1, -0.05) is 6.92 Å². The summed E-state index contributed by atoms with van der Waals surface area (Å²) in [4.78, 5) is 9.98. The molecule has 1 aliphatic rings. The van der Waals surface area contributed by atoms with Crippen LogP contribution in [-0.2, 0) is 14.8 Å². The molecule has 0 aromatic heterocycles. The first-order chi connectivity index (χ1) is 9.66. The standard InChI is InChI=1S/C12H12F3NO4S/c1-6-4-16(5-7(6)12(17)18)21(19,20)9-3-2-8(13)10(14)11(9)15/h2-3,6-7H,4-5H2,1H3,(H,17,18). The summed E-state index contributed by atoms with van der Waals surface area (Å²) >= 11 is 0. The second-order valence-electron chi connectivity index (χ2n) is 4.92. The maximum Gasteiger partial charge on any atom is 0.308 e. The van der Waals surface area contributed by atoms with Crippen molar-refractivity contribution in [3.63, 3.8) is 0 Å². The van der Waals surface area contributed by atoms with Gasteiger partial charge in [0.05, 0.1) is 5.92 Å². The summed E-state index contributed by atoms with van der Waals surface area (Å²) in [6.07, 6.45) is 0. The van der Waals surface area contributed by atoms with E-state index in [2.05, 4.69) is 0 Å². The van der Waals surface area contributed by atoms with E-state index in [9.17, 15) is 26.4 Å². The molecule has 2 atom stereocenters. The molecular formula is C12H12F3NO4S. The predicted molar refractivity (Wildman–Crippen MR) is 65.4 cm³/mol. The molecule has 2 rings (SSSR count). The summed E-state index contributed by atoms with van der Waals surface area (Å²) in [5, 5.41) is 8.97. The van der Waals surface area contributed by atoms with Crippen LogP contribution in [0.4, 0.5) is 13.2 Å². The van der Waals surface area contributed by atoms with E-state index < -0.39 is 50.2 Å². The molecule has 0 amide bonds. The molecule has 1 aromatic rings. The van der Waals surface area contributed by atoms with Crippen molar-refractivity contribution in [2.24, 2.45) is 11.8 Å². The molecule has 2 unspecified atom stereocenters. The first-order valence-corrected chi connectivity index (χ1v) is 7.46. The van der Waals surface area contributed by atoms with Crippen LogP contribution in [0.3, 0.4) is 0 Å². The molecular weight excluding hydrogens is 311 g/mol. The SMILES string of the molecule is CC1CN(S(=O)(=O)c2ccc(F)c(F)c2F)CC1C(=O)O. The Bertz CT molecular complexity index is 692. The average molecular weight is 323 g/mol. The van der Waals surface area contributed by atoms with Gasteiger partial charge >= 0.3 is 5.97 Å². The molecule has 116 valence electrons. The zero-order chi connectivity index (χ0) is 15.9. The van der Waals surface area contributed by atoms with E-state index in [0.717, 1.165) is 4.31 Å². The second-order valence-corrected chi connectivity index (χ2v) is 6.82. The van der Waals surface area contributed by atoms with Gasteiger partial charge in [-0.15, -0.1) is 0 Å². The number of aliphatic carboxylic acids is 1. The minimum absolute atomic E-state index is 0.127. The Morgan fingerprint density at radius 1 is 1.24 bits per heavy atom. The largest absolute Gasteiger partial charge is 0.481 e. The number of halogens is 3. The smallest absolute Gasteiger partial charge is 0.308 e. The van der Waals surface area contributed by atoms with E-state index in [1.165, 1.54) is 0 Å². The topological polar surface area (TPSA) is 74.7 Å². The summed E-state index contributed by atoms with van der Waals surface area (Å²) in [6, 6.07) is 1.14. The van der Waals surface area contributed by atoms with Crippen LogP contribution in [0.15, 0.2) is 17.0 Å². The van der Waals surface area contributed by atoms with Gasteiger partial charge in [-0.3, -0.25) is 4.79 Å². The van der Waals surface area contributed by atoms with Crippen molar-refractivity contribution in [2.75, 3.05) is 13.1 Å². The van der Waals surface area contributed by atoms with Gasteiger partial charge in [0.25, 0.3) is 0 Å². The highest BCUT2D eigenvalue weighted by Crippen LogP contribution is 2.30. The summed E-state index contributed by atoms with van der Waals surface area (Å²) in [5.41, 5.74) is 0. The lowest BCUT2D eigenvalue weighted by Crippen LogP contribution is -2.31. The average Bonchev–Trinajstić information content (AvgIpc) is 2.78. The Labute approximate surface area is 119 Å². The number of carboxylic acid groups (broad SMARTS) is 1. The van der Waals surface area contributed by atoms with Crippen LogP contribution in [0.25, 0.3) is 0 Å². The Kier molecular flexibility index (Phi) is 3.98. The number of nitrogens with zero attached hydrogens (tertiary/aromatic N) is 1. The van der Waals surface area contributed by atoms with Crippen LogP contribution in [0.2, 0.25) is 0 Å². The second kappa shape index (κ2) is 5.30. The normalized spacial score (nSPS) is 23.4. The Hall–Kier alpha value is -1.61. The van der Waals surface area contributed by atoms with Gasteiger partial charge in [0.2, 0.25) is 10.0 Å². The highest BCUT2D eigenvalue weighted by atomic mass is 32.2. The lowest BCUT2D eigenvalue weighted by Gasteiger charge is -2.16. The maximum absolute atomic E-state index is 13.6. The van der Waals surface area contributed by atoms with Gasteiger partial charge in [-0.25, -0.2) is 21.6 Å². The summed E-state index contributed by atoms with van der Waals surface area (Å²) in [6.45, 7) is 1.09. The number of hydrogen-bond donors (Lipinski definition) is 1. The third-order valence-corrected chi connectivity index (χ3v) is 5.36. The fourth-order valence-electron chi connectivity index (χ4n) is 2.29. The van der Waals surface area contributed by atoms with Crippen molar-refractivity contribution in [1.82, 2.24) is 4.31 Å². The molecule has 1 saturated heterocycles. The molecule has 0 aliphatic carbocycles. The van der Waals surface area contributed by atoms with E-state index >= 15 is 0 Å². The quantitative estimate of drug-likeness (QED) is 0.854. The molecule has 9 heteroatoms. The molecule has 1 heterocycles. The molecule has 21 heavy (non-hydrogen) atoms. The van der Waals surface area contributed by atoms with E-state index in [1.807, 2.05) is 0 Å². The van der Waals surface area contributed by atoms with Gasteiger partial charge in [0.1, 0.15) is 4.90 Å². The van der Waals surface area contributed by atoms with Gasteiger partial charge in [-0.2, -0.15) is 4.31 Å². The van der Waals surface area contributed by atoms with Crippen LogP contribution >= 0.6 is 0 Å². The first-order valence-electron chi connectivity index (χ1n) is 6.02. The fourth-order valence-corrected chi connectivity index (χ4v) is 3.91. The fraction of sp³-hybridized carbons (Fsp3) is 0.417. The van der Waals surface area contributed by atoms with Gasteiger partial charge in [0.15, 0.2) is 17.5 Å². The van der Waals surface area contributed by atoms with Crippen LogP contribution in [-0.4, -0.2) is 36.9 Å². The predicted octanol–water partition coefficient (Wildman–Crippen LogP) is 1.45. The van der Waals surface area contributed by atoms with Crippen LogP contribution < -0.4 is 0 Å². The van der Waals surface area contributed by atoms with Crippen molar-refractivity contribution < 1.29 is 31.5 Å². The number of carbonyl (C=O) groups is 1. The van der Waals surface area contributed by atoms with Crippen LogP contribution in [0.5, 0.6) is 0 Å². The highest BCUT2D eigenvalue weighted by Gasteiger charge is 2.42. The van der Waals surface area contributed by atoms with Crippen molar-refractivity contribution >= 4 is 16.0 Å². The zero-order valence-corrected chi connectivity index (χ0v) is 11.7. The minimum atomic E-state index is -4.42. The first kappa shape index (κ1) is 15.8. The molecule has 5 nitrogen and oxygen atoms in total. The molecule has 1 aromatic carbocycles. The monoisotopic (exact) mass is 323 g/mol. The molecule has 0 radical (unpaired) electrons. The maximum atomic E-state index is 13.6. The Balaban J connectivity index is 2.41. The van der Waals surface area contributed by atoms with Gasteiger partial charge in [0, 0.05) is 13.1 Å². The number of hydrogen-bond acceptors (Lipinski definition) is 3. The van der Waals surface area contributed by atoms with Crippen molar-refractivity contribution in [1.29, 1.82) is 0 Å². The third kappa shape index (κ3) is 2.62. The Morgan fingerprint density at radius 2 is 1.86 bits per heavy atom. The lowest BCUT2D eigenvalue weighted by molar-refractivity contribution is -0.142. The third-order valence-electron chi connectivity index (χ3n) is 3.51. The van der Waals surface area contributed by atoms with Gasteiger partial charge in [-0.05, 0) is 18.1 Å². The summed E-state index contributed by atoms with van der Waals surface area (Å²) in [7, 11) is -4.42. The molecule has 1 N–H and O–H groups in total. The number of benzene rings is 1. The summed E-state index contributed by atoms with van der Waals surface area (Å²) in [5.74, 6) is -7.73. The highest BCUT2D eigenvalue weighted by molar-refractivity contribution is 7.89. The van der Waals surface area contributed by atoms with E-state index in [1.54, 1.807) is 6.92 Å². The molecule has 1 aliphatic heterocycles. The van der Waals surface area contributed by atoms with Crippen LogP contribution in [0.1, 0.15) is 6.92 Å². The minimum Gasteiger partial charge on any atom is -0.481 e. The van der Waals surface area contributed by atoms with E-state index in [0.29, 0.717) is 12.1 Å². The molecule has 1 fully saturated rings. The van der Waals surface area contributed by atoms with Crippen molar-refractivity contribution in [3.8, 4) is 0 Å². The molecule has 0 saturated carbocycles. The van der Waals surface area contributed by atoms with Crippen LogP contribution in [0, 0.1) is 29.3 Å². The number of sulfonamides is 1. The summed E-state index contributed by atoms with van der Waals surface area (Å²) < 4.78 is 64.9. The zero-order valence-electron chi connectivity index (χ0n) is 10.9. The van der Waals surface area contributed by atoms with E-state index in [-0.39, 0.29) is 13.1 Å². The van der Waals surface area contributed by atoms with E-state index in [4.69, 9.17) is 5.11 Å².